The molecule has 3 rings (SSSR count). The number of piperazine rings is 1. The lowest BCUT2D eigenvalue weighted by molar-refractivity contribution is 0.157. The lowest BCUT2D eigenvalue weighted by atomic mass is 10.1. The van der Waals surface area contributed by atoms with Gasteiger partial charge >= 0.3 is 5.69 Å². The molecule has 0 spiro atoms. The smallest absolute Gasteiger partial charge is 0.323 e. The summed E-state index contributed by atoms with van der Waals surface area (Å²) in [6.45, 7) is 5.96. The van der Waals surface area contributed by atoms with Crippen LogP contribution in [0.1, 0.15) is 5.56 Å². The summed E-state index contributed by atoms with van der Waals surface area (Å²) in [5, 5.41) is 8.73. The SMILES string of the molecule is CN1CCN(CCN=C(N)SCC(=N)c2ccc3[nH]c(=O)[nH]c3c2)CC1. The van der Waals surface area contributed by atoms with E-state index in [1.165, 1.54) is 11.8 Å². The molecule has 1 aromatic carbocycles. The van der Waals surface area contributed by atoms with E-state index in [0.717, 1.165) is 43.8 Å². The van der Waals surface area contributed by atoms with E-state index in [0.29, 0.717) is 28.7 Å². The molecule has 1 fully saturated rings. The number of nitrogens with two attached hydrogens (primary N) is 1. The lowest BCUT2D eigenvalue weighted by Crippen LogP contribution is -2.45. The maximum absolute atomic E-state index is 11.3. The van der Waals surface area contributed by atoms with E-state index in [1.54, 1.807) is 12.1 Å². The first-order valence-electron chi connectivity index (χ1n) is 8.65. The van der Waals surface area contributed by atoms with Crippen molar-refractivity contribution in [1.82, 2.24) is 19.8 Å². The van der Waals surface area contributed by atoms with Crippen LogP contribution in [0.3, 0.4) is 0 Å². The highest BCUT2D eigenvalue weighted by Gasteiger charge is 2.12. The predicted molar refractivity (Wildman–Crippen MR) is 109 cm³/mol. The van der Waals surface area contributed by atoms with Crippen LogP contribution < -0.4 is 11.4 Å². The zero-order valence-electron chi connectivity index (χ0n) is 14.9. The Hall–Kier alpha value is -2.10. The number of fused-ring (bicyclic) bond motifs is 1. The molecule has 0 bridgehead atoms. The van der Waals surface area contributed by atoms with Gasteiger partial charge in [0.05, 0.1) is 17.6 Å². The monoisotopic (exact) mass is 375 g/mol. The molecule has 1 saturated heterocycles. The second-order valence-corrected chi connectivity index (χ2v) is 7.47. The van der Waals surface area contributed by atoms with Gasteiger partial charge in [-0.25, -0.2) is 4.79 Å². The molecule has 0 unspecified atom stereocenters. The summed E-state index contributed by atoms with van der Waals surface area (Å²) in [5.74, 6) is 0.448. The fraction of sp³-hybridized carbons (Fsp3) is 0.471. The van der Waals surface area contributed by atoms with Crippen LogP contribution in [0.25, 0.3) is 11.0 Å². The zero-order chi connectivity index (χ0) is 18.5. The third-order valence-corrected chi connectivity index (χ3v) is 5.37. The second kappa shape index (κ2) is 8.52. The Bertz CT molecular complexity index is 848. The van der Waals surface area contributed by atoms with Gasteiger partial charge in [0.1, 0.15) is 0 Å². The van der Waals surface area contributed by atoms with Crippen molar-refractivity contribution in [3.8, 4) is 0 Å². The summed E-state index contributed by atoms with van der Waals surface area (Å²) in [6, 6.07) is 5.43. The minimum absolute atomic E-state index is 0.241. The number of aromatic amines is 2. The predicted octanol–water partition coefficient (Wildman–Crippen LogP) is 0.519. The summed E-state index contributed by atoms with van der Waals surface area (Å²) in [7, 11) is 2.14. The Morgan fingerprint density at radius 1 is 1.27 bits per heavy atom. The van der Waals surface area contributed by atoms with Crippen molar-refractivity contribution in [2.75, 3.05) is 52.1 Å². The summed E-state index contributed by atoms with van der Waals surface area (Å²) in [4.78, 5) is 25.9. The molecule has 1 aliphatic heterocycles. The fourth-order valence-electron chi connectivity index (χ4n) is 2.87. The van der Waals surface area contributed by atoms with Gasteiger partial charge < -0.3 is 26.0 Å². The molecular formula is C17H25N7OS. The number of aliphatic imine (C=N–C) groups is 1. The van der Waals surface area contributed by atoms with Crippen LogP contribution in [-0.4, -0.2) is 82.7 Å². The first-order chi connectivity index (χ1) is 12.5. The van der Waals surface area contributed by atoms with Crippen LogP contribution in [-0.2, 0) is 0 Å². The van der Waals surface area contributed by atoms with Crippen molar-refractivity contribution < 1.29 is 0 Å². The van der Waals surface area contributed by atoms with Gasteiger partial charge in [0, 0.05) is 44.2 Å². The van der Waals surface area contributed by atoms with Gasteiger partial charge in [-0.2, -0.15) is 0 Å². The quantitative estimate of drug-likeness (QED) is 0.434. The van der Waals surface area contributed by atoms with E-state index in [1.807, 2.05) is 6.07 Å². The molecule has 8 nitrogen and oxygen atoms in total. The third-order valence-electron chi connectivity index (χ3n) is 4.51. The highest BCUT2D eigenvalue weighted by Crippen LogP contribution is 2.13. The normalized spacial score (nSPS) is 17.0. The van der Waals surface area contributed by atoms with Crippen LogP contribution in [0.4, 0.5) is 0 Å². The molecule has 0 saturated carbocycles. The summed E-state index contributed by atoms with van der Waals surface area (Å²) in [6.07, 6.45) is 0. The molecule has 0 aliphatic carbocycles. The second-order valence-electron chi connectivity index (χ2n) is 6.47. The fourth-order valence-corrected chi connectivity index (χ4v) is 3.51. The number of thioether (sulfide) groups is 1. The third kappa shape index (κ3) is 4.96. The molecule has 0 radical (unpaired) electrons. The highest BCUT2D eigenvalue weighted by molar-refractivity contribution is 8.14. The summed E-state index contributed by atoms with van der Waals surface area (Å²) >= 11 is 1.37. The summed E-state index contributed by atoms with van der Waals surface area (Å²) < 4.78 is 0. The van der Waals surface area contributed by atoms with E-state index in [2.05, 4.69) is 31.8 Å². The Morgan fingerprint density at radius 3 is 2.77 bits per heavy atom. The van der Waals surface area contributed by atoms with Crippen molar-refractivity contribution in [1.29, 1.82) is 5.41 Å². The zero-order valence-corrected chi connectivity index (χ0v) is 15.7. The number of aromatic nitrogens is 2. The maximum Gasteiger partial charge on any atom is 0.323 e. The maximum atomic E-state index is 11.3. The van der Waals surface area contributed by atoms with Crippen LogP contribution in [0.5, 0.6) is 0 Å². The molecule has 5 N–H and O–H groups in total. The topological polar surface area (TPSA) is 117 Å². The molecule has 1 aromatic heterocycles. The average molecular weight is 376 g/mol. The molecule has 26 heavy (non-hydrogen) atoms. The Kier molecular flexibility index (Phi) is 6.12. The molecular weight excluding hydrogens is 350 g/mol. The minimum atomic E-state index is -0.241. The van der Waals surface area contributed by atoms with Crippen molar-refractivity contribution in [2.24, 2.45) is 10.7 Å². The number of nitrogens with zero attached hydrogens (tertiary/aromatic N) is 3. The number of benzene rings is 1. The molecule has 9 heteroatoms. The van der Waals surface area contributed by atoms with Crippen molar-refractivity contribution in [2.45, 2.75) is 0 Å². The number of hydrogen-bond donors (Lipinski definition) is 4. The number of H-pyrrole nitrogens is 2. The van der Waals surface area contributed by atoms with E-state index in [4.69, 9.17) is 11.1 Å². The molecule has 2 aromatic rings. The Balaban J connectivity index is 1.46. The van der Waals surface area contributed by atoms with E-state index >= 15 is 0 Å². The standard InChI is InChI=1S/C17H25N7OS/c1-23-6-8-24(9-7-23)5-4-20-16(19)26-11-13(18)12-2-3-14-15(10-12)22-17(25)21-14/h2-3,10,18H,4-9,11H2,1H3,(H2,19,20)(H2,21,22,25). The lowest BCUT2D eigenvalue weighted by Gasteiger charge is -2.31. The van der Waals surface area contributed by atoms with Gasteiger partial charge in [0.25, 0.3) is 0 Å². The number of rotatable bonds is 6. The summed E-state index contributed by atoms with van der Waals surface area (Å²) in [5.41, 5.74) is 8.40. The Morgan fingerprint density at radius 2 is 2.00 bits per heavy atom. The van der Waals surface area contributed by atoms with Crippen molar-refractivity contribution in [3.05, 3.63) is 34.2 Å². The van der Waals surface area contributed by atoms with Gasteiger partial charge in [0.2, 0.25) is 0 Å². The van der Waals surface area contributed by atoms with E-state index < -0.39 is 0 Å². The van der Waals surface area contributed by atoms with Crippen LogP contribution in [0, 0.1) is 5.41 Å². The molecule has 2 heterocycles. The van der Waals surface area contributed by atoms with E-state index in [-0.39, 0.29) is 5.69 Å². The van der Waals surface area contributed by atoms with Gasteiger partial charge in [-0.15, -0.1) is 0 Å². The molecule has 0 amide bonds. The minimum Gasteiger partial charge on any atom is -0.379 e. The number of nitrogens with one attached hydrogen (secondary N) is 3. The van der Waals surface area contributed by atoms with Crippen LogP contribution in [0.2, 0.25) is 0 Å². The van der Waals surface area contributed by atoms with Gasteiger partial charge in [0.15, 0.2) is 5.17 Å². The van der Waals surface area contributed by atoms with Gasteiger partial charge in [-0.1, -0.05) is 17.8 Å². The van der Waals surface area contributed by atoms with Crippen LogP contribution >= 0.6 is 11.8 Å². The number of hydrogen-bond acceptors (Lipinski definition) is 6. The van der Waals surface area contributed by atoms with Crippen molar-refractivity contribution in [3.63, 3.8) is 0 Å². The first-order valence-corrected chi connectivity index (χ1v) is 9.63. The first kappa shape index (κ1) is 18.7. The largest absolute Gasteiger partial charge is 0.379 e. The average Bonchev–Trinajstić information content (AvgIpc) is 3.00. The van der Waals surface area contributed by atoms with E-state index in [9.17, 15) is 4.79 Å². The molecule has 1 aliphatic rings. The van der Waals surface area contributed by atoms with Crippen molar-refractivity contribution >= 4 is 33.7 Å². The highest BCUT2D eigenvalue weighted by atomic mass is 32.2. The van der Waals surface area contributed by atoms with Gasteiger partial charge in [-0.3, -0.25) is 9.89 Å². The molecule has 140 valence electrons. The number of amidine groups is 1. The number of likely N-dealkylation sites (N-methyl/N-ethyl adjacent to an activating group) is 1. The van der Waals surface area contributed by atoms with Crippen LogP contribution in [0.15, 0.2) is 28.0 Å². The number of imidazole rings is 1. The van der Waals surface area contributed by atoms with Gasteiger partial charge in [-0.05, 0) is 24.7 Å². The Labute approximate surface area is 156 Å². The molecule has 0 atom stereocenters.